The Kier molecular flexibility index (Phi) is 7.63. The molecule has 122 valence electrons. The zero-order chi connectivity index (χ0) is 16.3. The lowest BCUT2D eigenvalue weighted by atomic mass is 9.87. The van der Waals surface area contributed by atoms with Crippen molar-refractivity contribution in [2.75, 3.05) is 0 Å². The van der Waals surface area contributed by atoms with Crippen molar-refractivity contribution in [2.24, 2.45) is 5.92 Å². The van der Waals surface area contributed by atoms with E-state index in [1.54, 1.807) is 0 Å². The first-order chi connectivity index (χ1) is 11.3. The van der Waals surface area contributed by atoms with Gasteiger partial charge in [0.05, 0.1) is 18.8 Å². The highest BCUT2D eigenvalue weighted by molar-refractivity contribution is 5.22. The average molecular weight is 309 g/mol. The van der Waals surface area contributed by atoms with Gasteiger partial charge in [-0.05, 0) is 49.1 Å². The van der Waals surface area contributed by atoms with Crippen LogP contribution in [-0.4, -0.2) is 6.10 Å². The maximum atomic E-state index is 8.45. The lowest BCUT2D eigenvalue weighted by Crippen LogP contribution is -2.20. The summed E-state index contributed by atoms with van der Waals surface area (Å²) in [6, 6.07) is 10.8. The van der Waals surface area contributed by atoms with Crippen molar-refractivity contribution < 1.29 is 4.74 Å². The molecule has 0 amide bonds. The van der Waals surface area contributed by atoms with Gasteiger partial charge in [-0.25, -0.2) is 0 Å². The molecule has 0 N–H and O–H groups in total. The molecule has 1 aliphatic carbocycles. The number of hydrogen-bond acceptors (Lipinski definition) is 2. The molecule has 2 nitrogen and oxygen atoms in total. The first-order valence-corrected chi connectivity index (χ1v) is 8.74. The Balaban J connectivity index is 1.69. The summed E-state index contributed by atoms with van der Waals surface area (Å²) in [6.45, 7) is 2.94. The van der Waals surface area contributed by atoms with Crippen LogP contribution in [0.25, 0.3) is 0 Å². The van der Waals surface area contributed by atoms with Crippen LogP contribution in [0, 0.1) is 17.2 Å². The van der Waals surface area contributed by atoms with Crippen LogP contribution in [0.2, 0.25) is 0 Å². The number of aryl methyl sites for hydroxylation is 1. The number of allylic oxidation sites excluding steroid dienone is 4. The zero-order valence-electron chi connectivity index (χ0n) is 14.1. The first kappa shape index (κ1) is 17.5. The average Bonchev–Trinajstić information content (AvgIpc) is 2.59. The number of hydrogen-bond donors (Lipinski definition) is 0. The second kappa shape index (κ2) is 10.0. The molecule has 0 heterocycles. The smallest absolute Gasteiger partial charge is 0.0912 e. The van der Waals surface area contributed by atoms with Crippen LogP contribution < -0.4 is 0 Å². The van der Waals surface area contributed by atoms with E-state index in [1.165, 1.54) is 36.5 Å². The number of ether oxygens (including phenoxy) is 1. The molecule has 2 heteroatoms. The summed E-state index contributed by atoms with van der Waals surface area (Å²) in [6.07, 6.45) is 14.9. The predicted octanol–water partition coefficient (Wildman–Crippen LogP) is 5.35. The quantitative estimate of drug-likeness (QED) is 0.502. The van der Waals surface area contributed by atoms with Gasteiger partial charge < -0.3 is 4.74 Å². The first-order valence-electron chi connectivity index (χ1n) is 8.74. The van der Waals surface area contributed by atoms with Crippen LogP contribution in [-0.2, 0) is 17.8 Å². The van der Waals surface area contributed by atoms with Gasteiger partial charge in [-0.1, -0.05) is 55.8 Å². The summed E-state index contributed by atoms with van der Waals surface area (Å²) in [5.41, 5.74) is 2.68. The predicted molar refractivity (Wildman–Crippen MR) is 94.9 cm³/mol. The molecule has 1 aromatic rings. The molecule has 1 aromatic carbocycles. The summed E-state index contributed by atoms with van der Waals surface area (Å²) in [5.74, 6) is 0.631. The Morgan fingerprint density at radius 3 is 2.43 bits per heavy atom. The number of benzene rings is 1. The number of nitrogens with zero attached hydrogens (tertiary/aromatic N) is 1. The number of nitriles is 1. The Hall–Kier alpha value is -1.85. The molecule has 2 rings (SSSR count). The van der Waals surface area contributed by atoms with E-state index in [0.717, 1.165) is 25.9 Å². The minimum Gasteiger partial charge on any atom is -0.374 e. The summed E-state index contributed by atoms with van der Waals surface area (Å²) in [5, 5.41) is 8.45. The monoisotopic (exact) mass is 309 g/mol. The summed E-state index contributed by atoms with van der Waals surface area (Å²) >= 11 is 0. The molecule has 0 bridgehead atoms. The van der Waals surface area contributed by atoms with Gasteiger partial charge in [0, 0.05) is 6.08 Å². The van der Waals surface area contributed by atoms with Crippen molar-refractivity contribution >= 4 is 0 Å². The van der Waals surface area contributed by atoms with Crippen LogP contribution in [0.1, 0.15) is 50.2 Å². The van der Waals surface area contributed by atoms with Gasteiger partial charge in [0.25, 0.3) is 0 Å². The van der Waals surface area contributed by atoms with E-state index in [9.17, 15) is 0 Å². The van der Waals surface area contributed by atoms with Crippen molar-refractivity contribution in [2.45, 2.75) is 58.2 Å². The molecule has 1 fully saturated rings. The lowest BCUT2D eigenvalue weighted by molar-refractivity contribution is 0.0110. The fourth-order valence-corrected chi connectivity index (χ4v) is 3.07. The highest BCUT2D eigenvalue weighted by Gasteiger charge is 2.19. The van der Waals surface area contributed by atoms with E-state index in [0.29, 0.717) is 12.0 Å². The van der Waals surface area contributed by atoms with E-state index in [2.05, 4.69) is 37.3 Å². The largest absolute Gasteiger partial charge is 0.374 e. The third-order valence-electron chi connectivity index (χ3n) is 4.43. The van der Waals surface area contributed by atoms with Gasteiger partial charge in [0.1, 0.15) is 0 Å². The molecule has 0 aromatic heterocycles. The topological polar surface area (TPSA) is 33.0 Å². The fourth-order valence-electron chi connectivity index (χ4n) is 3.07. The molecule has 0 atom stereocenters. The van der Waals surface area contributed by atoms with Crippen molar-refractivity contribution in [3.63, 3.8) is 0 Å². The van der Waals surface area contributed by atoms with Crippen LogP contribution in [0.4, 0.5) is 0 Å². The third kappa shape index (κ3) is 6.42. The van der Waals surface area contributed by atoms with Gasteiger partial charge in [-0.3, -0.25) is 0 Å². The maximum absolute atomic E-state index is 8.45. The molecule has 0 unspecified atom stereocenters. The van der Waals surface area contributed by atoms with Crippen molar-refractivity contribution in [1.29, 1.82) is 5.26 Å². The summed E-state index contributed by atoms with van der Waals surface area (Å²) in [7, 11) is 0. The summed E-state index contributed by atoms with van der Waals surface area (Å²) in [4.78, 5) is 0. The Morgan fingerprint density at radius 2 is 1.78 bits per heavy atom. The lowest BCUT2D eigenvalue weighted by Gasteiger charge is -2.26. The van der Waals surface area contributed by atoms with Gasteiger partial charge in [0.2, 0.25) is 0 Å². The van der Waals surface area contributed by atoms with Crippen LogP contribution in [0.15, 0.2) is 48.6 Å². The molecule has 0 saturated heterocycles. The second-order valence-electron chi connectivity index (χ2n) is 6.29. The highest BCUT2D eigenvalue weighted by atomic mass is 16.5. The maximum Gasteiger partial charge on any atom is 0.0912 e. The Bertz CT molecular complexity index is 542. The molecule has 23 heavy (non-hydrogen) atoms. The fraction of sp³-hybridized carbons (Fsp3) is 0.476. The zero-order valence-corrected chi connectivity index (χ0v) is 14.1. The van der Waals surface area contributed by atoms with Crippen molar-refractivity contribution in [3.05, 3.63) is 59.7 Å². The van der Waals surface area contributed by atoms with E-state index in [-0.39, 0.29) is 0 Å². The molecule has 1 saturated carbocycles. The van der Waals surface area contributed by atoms with E-state index >= 15 is 0 Å². The van der Waals surface area contributed by atoms with Gasteiger partial charge in [0.15, 0.2) is 0 Å². The van der Waals surface area contributed by atoms with Gasteiger partial charge in [-0.15, -0.1) is 0 Å². The Morgan fingerprint density at radius 1 is 1.09 bits per heavy atom. The Labute approximate surface area is 140 Å². The third-order valence-corrected chi connectivity index (χ3v) is 4.43. The van der Waals surface area contributed by atoms with Crippen LogP contribution in [0.3, 0.4) is 0 Å². The standard InChI is InChI=1S/C21H27NO/c1-2-6-18-8-10-20(11-9-18)17-23-21-14-12-19(13-15-21)7-4-3-5-16-22/h3-5,7-11,19,21H,2,6,12-15,17H2,1H3/t19-,21-. The number of rotatable bonds is 7. The van der Waals surface area contributed by atoms with Crippen LogP contribution in [0.5, 0.6) is 0 Å². The second-order valence-corrected chi connectivity index (χ2v) is 6.29. The molecule has 0 spiro atoms. The molecule has 0 radical (unpaired) electrons. The minimum atomic E-state index is 0.393. The van der Waals surface area contributed by atoms with E-state index < -0.39 is 0 Å². The SMILES string of the molecule is CCCc1ccc(CO[C@H]2CC[C@H](C=CC=CC#N)CC2)cc1. The van der Waals surface area contributed by atoms with Crippen LogP contribution >= 0.6 is 0 Å². The normalized spacial score (nSPS) is 21.7. The minimum absolute atomic E-state index is 0.393. The molecule has 0 aliphatic heterocycles. The van der Waals surface area contributed by atoms with Gasteiger partial charge >= 0.3 is 0 Å². The molecular weight excluding hydrogens is 282 g/mol. The van der Waals surface area contributed by atoms with Crippen molar-refractivity contribution in [1.82, 2.24) is 0 Å². The van der Waals surface area contributed by atoms with E-state index in [4.69, 9.17) is 10.00 Å². The summed E-state index contributed by atoms with van der Waals surface area (Å²) < 4.78 is 6.08. The molecular formula is C21H27NO. The van der Waals surface area contributed by atoms with E-state index in [1.807, 2.05) is 18.2 Å². The van der Waals surface area contributed by atoms with Crippen molar-refractivity contribution in [3.8, 4) is 6.07 Å². The molecule has 1 aliphatic rings. The highest BCUT2D eigenvalue weighted by Crippen LogP contribution is 2.27. The van der Waals surface area contributed by atoms with Gasteiger partial charge in [-0.2, -0.15) is 5.26 Å².